The van der Waals surface area contributed by atoms with Crippen molar-refractivity contribution in [3.63, 3.8) is 0 Å². The van der Waals surface area contributed by atoms with Gasteiger partial charge in [0.2, 0.25) is 47.3 Å². The van der Waals surface area contributed by atoms with Crippen LogP contribution in [0, 0.1) is 5.92 Å². The number of fused-ring (bicyclic) bond motifs is 1. The number of carbonyl (C=O) groups is 10. The highest BCUT2D eigenvalue weighted by molar-refractivity contribution is 5.98. The molecule has 0 radical (unpaired) electrons. The van der Waals surface area contributed by atoms with Gasteiger partial charge in [-0.05, 0) is 68.7 Å². The van der Waals surface area contributed by atoms with Gasteiger partial charge >= 0.3 is 6.03 Å². The Bertz CT molecular complexity index is 2470. The predicted molar refractivity (Wildman–Crippen MR) is 278 cm³/mol. The van der Waals surface area contributed by atoms with E-state index in [1.165, 1.54) is 6.92 Å². The molecule has 408 valence electrons. The number of H-pyrrole nitrogens is 1. The van der Waals surface area contributed by atoms with E-state index in [1.807, 2.05) is 31.2 Å². The average molecular weight is 1040 g/mol. The van der Waals surface area contributed by atoms with Crippen LogP contribution in [0.1, 0.15) is 82.8 Å². The third-order valence-corrected chi connectivity index (χ3v) is 12.4. The summed E-state index contributed by atoms with van der Waals surface area (Å²) in [6.07, 6.45) is 3.17. The number of benzene rings is 2. The number of nitrogens with one attached hydrogen (secondary N) is 10. The number of aromatic nitrogens is 1. The van der Waals surface area contributed by atoms with Gasteiger partial charge in [0.25, 0.3) is 0 Å². The lowest BCUT2D eigenvalue weighted by molar-refractivity contribution is -0.136. The molecule has 1 saturated heterocycles. The number of hydrogen-bond donors (Lipinski definition) is 14. The van der Waals surface area contributed by atoms with E-state index in [0.717, 1.165) is 10.9 Å². The second-order valence-corrected chi connectivity index (χ2v) is 18.4. The van der Waals surface area contributed by atoms with Crippen LogP contribution in [0.25, 0.3) is 10.9 Å². The number of para-hydroxylation sites is 1. The van der Waals surface area contributed by atoms with Crippen molar-refractivity contribution in [1.29, 1.82) is 0 Å². The van der Waals surface area contributed by atoms with E-state index in [2.05, 4.69) is 57.8 Å². The Balaban J connectivity index is 1.78. The number of carbonyl (C=O) groups excluding carboxylic acids is 10. The van der Waals surface area contributed by atoms with Gasteiger partial charge in [-0.2, -0.15) is 0 Å². The fourth-order valence-corrected chi connectivity index (χ4v) is 8.44. The lowest BCUT2D eigenvalue weighted by Crippen LogP contribution is -2.60. The molecule has 0 bridgehead atoms. The molecule has 4 rings (SSSR count). The molecular formula is C50H73N15O10. The number of aldehydes is 1. The zero-order chi connectivity index (χ0) is 54.9. The summed E-state index contributed by atoms with van der Waals surface area (Å²) in [5, 5.41) is 25.1. The molecule has 8 atom stereocenters. The number of urea groups is 1. The Kier molecular flexibility index (Phi) is 24.4. The molecule has 10 amide bonds. The molecule has 25 heteroatoms. The molecule has 3 aromatic rings. The van der Waals surface area contributed by atoms with E-state index in [1.54, 1.807) is 36.5 Å². The lowest BCUT2D eigenvalue weighted by Gasteiger charge is -2.28. The fourth-order valence-electron chi connectivity index (χ4n) is 8.44. The van der Waals surface area contributed by atoms with Gasteiger partial charge in [0.1, 0.15) is 48.6 Å². The number of aliphatic imine (C=N–C) groups is 1. The van der Waals surface area contributed by atoms with Crippen molar-refractivity contribution in [2.45, 2.75) is 127 Å². The van der Waals surface area contributed by atoms with Crippen LogP contribution in [0.5, 0.6) is 0 Å². The van der Waals surface area contributed by atoms with Crippen LogP contribution in [0.2, 0.25) is 0 Å². The Morgan fingerprint density at radius 2 is 1.44 bits per heavy atom. The van der Waals surface area contributed by atoms with Gasteiger partial charge in [0.15, 0.2) is 5.96 Å². The molecule has 1 unspecified atom stereocenters. The third-order valence-electron chi connectivity index (χ3n) is 12.4. The first-order chi connectivity index (χ1) is 35.9. The van der Waals surface area contributed by atoms with Crippen LogP contribution in [0.3, 0.4) is 0 Å². The summed E-state index contributed by atoms with van der Waals surface area (Å²) in [7, 11) is 0. The van der Waals surface area contributed by atoms with Gasteiger partial charge in [0.05, 0.1) is 0 Å². The van der Waals surface area contributed by atoms with Gasteiger partial charge in [-0.3, -0.25) is 43.3 Å². The van der Waals surface area contributed by atoms with Gasteiger partial charge in [-0.15, -0.1) is 0 Å². The Morgan fingerprint density at radius 3 is 2.11 bits per heavy atom. The minimum atomic E-state index is -1.47. The summed E-state index contributed by atoms with van der Waals surface area (Å²) >= 11 is 0. The topological polar surface area (TPSA) is 411 Å². The van der Waals surface area contributed by atoms with Crippen LogP contribution in [-0.4, -0.2) is 139 Å². The van der Waals surface area contributed by atoms with E-state index < -0.39 is 101 Å². The summed E-state index contributed by atoms with van der Waals surface area (Å²) in [6, 6.07) is 5.75. The molecule has 1 aliphatic rings. The summed E-state index contributed by atoms with van der Waals surface area (Å²) in [5.41, 5.74) is 24.3. The highest BCUT2D eigenvalue weighted by Crippen LogP contribution is 2.19. The Labute approximate surface area is 434 Å². The largest absolute Gasteiger partial charge is 0.370 e. The first-order valence-corrected chi connectivity index (χ1v) is 25.1. The molecule has 0 aliphatic carbocycles. The highest BCUT2D eigenvalue weighted by Gasteiger charge is 2.35. The van der Waals surface area contributed by atoms with E-state index in [0.29, 0.717) is 30.3 Å². The predicted octanol–water partition coefficient (Wildman–Crippen LogP) is -2.26. The number of rotatable bonds is 22. The maximum absolute atomic E-state index is 14.6. The molecular weight excluding hydrogens is 971 g/mol. The van der Waals surface area contributed by atoms with Gasteiger partial charge in [-0.1, -0.05) is 68.3 Å². The number of unbranched alkanes of at least 4 members (excludes halogenated alkanes) is 1. The number of primary amides is 2. The SMILES string of the molecule is CCCC[C@H](NC(C)=O)C(=O)N[C@H]1CC(C=O)CNCC[C@@H](C(=O)N[C@@H](Cc2c[nH]c3ccccc23)C(N)=O)NC(=O)[C@H](CCCN=C(N)N)NC(=O)[C@@H](Cc2ccccc2)NC(=O)[C@H](CCCNC(N)=O)NC1=O. The minimum Gasteiger partial charge on any atom is -0.370 e. The Morgan fingerprint density at radius 1 is 0.787 bits per heavy atom. The van der Waals surface area contributed by atoms with Crippen LogP contribution < -0.4 is 70.8 Å². The van der Waals surface area contributed by atoms with E-state index in [9.17, 15) is 47.9 Å². The van der Waals surface area contributed by atoms with Gasteiger partial charge in [0, 0.05) is 62.4 Å². The molecule has 0 spiro atoms. The minimum absolute atomic E-state index is 0.0103. The van der Waals surface area contributed by atoms with Crippen molar-refractivity contribution in [3.05, 3.63) is 71.9 Å². The van der Waals surface area contributed by atoms with Crippen LogP contribution in [0.15, 0.2) is 65.8 Å². The number of nitrogens with two attached hydrogens (primary N) is 4. The molecule has 2 heterocycles. The number of amides is 10. The summed E-state index contributed by atoms with van der Waals surface area (Å²) in [4.78, 5) is 143. The van der Waals surface area contributed by atoms with Crippen LogP contribution in [0.4, 0.5) is 4.79 Å². The summed E-state index contributed by atoms with van der Waals surface area (Å²) < 4.78 is 0. The molecule has 18 N–H and O–H groups in total. The molecule has 0 saturated carbocycles. The van der Waals surface area contributed by atoms with Crippen molar-refractivity contribution in [3.8, 4) is 0 Å². The molecule has 1 aliphatic heterocycles. The number of aromatic amines is 1. The molecule has 25 nitrogen and oxygen atoms in total. The number of nitrogens with zero attached hydrogens (tertiary/aromatic N) is 1. The molecule has 1 fully saturated rings. The first-order valence-electron chi connectivity index (χ1n) is 25.1. The molecule has 75 heavy (non-hydrogen) atoms. The zero-order valence-electron chi connectivity index (χ0n) is 42.4. The van der Waals surface area contributed by atoms with Crippen molar-refractivity contribution in [2.75, 3.05) is 26.2 Å². The molecule has 1 aromatic heterocycles. The Hall–Kier alpha value is -8.09. The van der Waals surface area contributed by atoms with E-state index in [-0.39, 0.29) is 89.9 Å². The quantitative estimate of drug-likeness (QED) is 0.0219. The number of guanidine groups is 1. The number of hydrogen-bond acceptors (Lipinski definition) is 12. The van der Waals surface area contributed by atoms with Gasteiger partial charge in [-0.25, -0.2) is 4.79 Å². The molecule has 2 aromatic carbocycles. The third kappa shape index (κ3) is 20.4. The second-order valence-electron chi connectivity index (χ2n) is 18.4. The van der Waals surface area contributed by atoms with Gasteiger partial charge < -0.3 is 80.6 Å². The zero-order valence-corrected chi connectivity index (χ0v) is 42.4. The average Bonchev–Trinajstić information content (AvgIpc) is 3.78. The standard InChI is InChI=1S/C50H73N15O10/c1-3-4-15-35(59-29(2)67)43(69)65-41-24-31(28-66)26-55-22-19-38(46(72)63-39(42(51)68)25-32-27-58-34-16-9-8-14-33(32)34)62-44(70)36(17-10-20-56-49(52)53)60-47(73)40(23-30-12-6-5-7-13-30)64-45(71)37(61-48(41)74)18-11-21-57-50(54)75/h5-9,12-14,16,27-28,31,35-41,55,58H,3-4,10-11,15,17-26H2,1-2H3,(H2,51,68)(H,59,67)(H,60,73)(H,61,74)(H,62,70)(H,63,72)(H,64,71)(H,65,69)(H4,52,53,56)(H3,54,57,75)/t31?,35-,36-,37-,38-,39-,40+,41-/m0/s1. The van der Waals surface area contributed by atoms with Crippen molar-refractivity contribution in [2.24, 2.45) is 33.8 Å². The maximum atomic E-state index is 14.6. The summed E-state index contributed by atoms with van der Waals surface area (Å²) in [6.45, 7) is 3.01. The van der Waals surface area contributed by atoms with E-state index in [4.69, 9.17) is 22.9 Å². The monoisotopic (exact) mass is 1040 g/mol. The normalized spacial score (nSPS) is 20.9. The maximum Gasteiger partial charge on any atom is 0.312 e. The highest BCUT2D eigenvalue weighted by atomic mass is 16.2. The van der Waals surface area contributed by atoms with E-state index >= 15 is 0 Å². The van der Waals surface area contributed by atoms with Crippen LogP contribution in [-0.2, 0) is 56.0 Å². The van der Waals surface area contributed by atoms with Crippen molar-refractivity contribution < 1.29 is 47.9 Å². The van der Waals surface area contributed by atoms with Crippen molar-refractivity contribution in [1.82, 2.24) is 52.8 Å². The second kappa shape index (κ2) is 30.8. The fraction of sp³-hybridized carbons (Fsp3) is 0.500. The van der Waals surface area contributed by atoms with Crippen molar-refractivity contribution >= 4 is 76.4 Å². The lowest BCUT2D eigenvalue weighted by atomic mass is 9.98. The smallest absolute Gasteiger partial charge is 0.312 e. The van der Waals surface area contributed by atoms with Crippen LogP contribution >= 0.6 is 0 Å². The summed E-state index contributed by atoms with van der Waals surface area (Å²) in [5.74, 6) is -7.50. The first kappa shape index (κ1) is 59.5.